The molecule has 0 atom stereocenters. The Bertz CT molecular complexity index is 598. The lowest BCUT2D eigenvalue weighted by Gasteiger charge is -1.93. The second-order valence-electron chi connectivity index (χ2n) is 3.84. The average Bonchev–Trinajstić information content (AvgIpc) is 3.16. The summed E-state index contributed by atoms with van der Waals surface area (Å²) in [6, 6.07) is 15.0. The molecule has 0 aromatic heterocycles. The van der Waals surface area contributed by atoms with Gasteiger partial charge in [-0.05, 0) is 18.2 Å². The van der Waals surface area contributed by atoms with Crippen LogP contribution in [0.3, 0.4) is 0 Å². The summed E-state index contributed by atoms with van der Waals surface area (Å²) in [6.45, 7) is 0. The molecular weight excluding hydrogens is 212 g/mol. The van der Waals surface area contributed by atoms with E-state index >= 15 is 0 Å². The third-order valence-electron chi connectivity index (χ3n) is 2.65. The summed E-state index contributed by atoms with van der Waals surface area (Å²) in [4.78, 5) is 11.8. The van der Waals surface area contributed by atoms with Crippen LogP contribution in [0.5, 0.6) is 11.5 Å². The van der Waals surface area contributed by atoms with Gasteiger partial charge in [-0.3, -0.25) is 4.79 Å². The van der Waals surface area contributed by atoms with Crippen LogP contribution in [0.2, 0.25) is 0 Å². The Labute approximate surface area is 99.2 Å². The van der Waals surface area contributed by atoms with E-state index in [1.807, 2.05) is 36.4 Å². The van der Waals surface area contributed by atoms with Gasteiger partial charge in [0.1, 0.15) is 0 Å². The van der Waals surface area contributed by atoms with Gasteiger partial charge in [-0.1, -0.05) is 42.5 Å². The zero-order valence-corrected chi connectivity index (χ0v) is 9.09. The van der Waals surface area contributed by atoms with Crippen LogP contribution in [0.15, 0.2) is 54.6 Å². The Morgan fingerprint density at radius 2 is 1.82 bits per heavy atom. The lowest BCUT2D eigenvalue weighted by molar-refractivity contribution is 0.104. The van der Waals surface area contributed by atoms with E-state index < -0.39 is 0 Å². The molecule has 0 unspecified atom stereocenters. The predicted molar refractivity (Wildman–Crippen MR) is 66.3 cm³/mol. The van der Waals surface area contributed by atoms with Gasteiger partial charge in [-0.15, -0.1) is 0 Å². The van der Waals surface area contributed by atoms with Gasteiger partial charge in [0, 0.05) is 11.1 Å². The van der Waals surface area contributed by atoms with Crippen LogP contribution >= 0.6 is 0 Å². The average molecular weight is 222 g/mol. The second-order valence-corrected chi connectivity index (χ2v) is 3.84. The molecule has 1 aliphatic heterocycles. The van der Waals surface area contributed by atoms with Gasteiger partial charge < -0.3 is 4.74 Å². The third kappa shape index (κ3) is 1.97. The molecule has 0 aliphatic carbocycles. The number of ether oxygens (including phenoxy) is 1. The van der Waals surface area contributed by atoms with Crippen molar-refractivity contribution in [3.05, 3.63) is 65.7 Å². The molecule has 2 aromatic rings. The monoisotopic (exact) mass is 222 g/mol. The van der Waals surface area contributed by atoms with Crippen LogP contribution in [0.4, 0.5) is 0 Å². The summed E-state index contributed by atoms with van der Waals surface area (Å²) in [5.74, 6) is 1.78. The predicted octanol–water partition coefficient (Wildman–Crippen LogP) is 3.69. The molecule has 0 saturated carbocycles. The first kappa shape index (κ1) is 9.85. The molecule has 0 fully saturated rings. The molecule has 2 aromatic carbocycles. The molecule has 3 rings (SSSR count). The summed E-state index contributed by atoms with van der Waals surface area (Å²) in [5.41, 5.74) is 1.65. The molecule has 2 heteroatoms. The van der Waals surface area contributed by atoms with Crippen LogP contribution < -0.4 is 4.74 Å². The zero-order valence-electron chi connectivity index (χ0n) is 9.09. The molecule has 1 aliphatic rings. The topological polar surface area (TPSA) is 29.6 Å². The van der Waals surface area contributed by atoms with Crippen LogP contribution in [-0.2, 0) is 0 Å². The van der Waals surface area contributed by atoms with Gasteiger partial charge in [0.2, 0.25) is 0 Å². The Morgan fingerprint density at radius 1 is 1.00 bits per heavy atom. The van der Waals surface area contributed by atoms with E-state index in [0.29, 0.717) is 5.56 Å². The molecule has 0 saturated heterocycles. The van der Waals surface area contributed by atoms with Gasteiger partial charge in [0.15, 0.2) is 17.3 Å². The van der Waals surface area contributed by atoms with E-state index in [-0.39, 0.29) is 5.78 Å². The number of fused-ring (bicyclic) bond motifs is 1. The number of hydrogen-bond donors (Lipinski definition) is 0. The fraction of sp³-hybridized carbons (Fsp3) is 0. The van der Waals surface area contributed by atoms with Crippen LogP contribution in [-0.4, -0.2) is 5.78 Å². The molecule has 0 radical (unpaired) electrons. The summed E-state index contributed by atoms with van der Waals surface area (Å²) in [6.07, 6.45) is 3.37. The van der Waals surface area contributed by atoms with Crippen LogP contribution in [0.25, 0.3) is 6.08 Å². The Hall–Kier alpha value is -2.35. The minimum atomic E-state index is 0.00357. The molecule has 1 heterocycles. The van der Waals surface area contributed by atoms with Crippen molar-refractivity contribution < 1.29 is 9.53 Å². The minimum Gasteiger partial charge on any atom is -0.449 e. The van der Waals surface area contributed by atoms with Crippen molar-refractivity contribution in [2.24, 2.45) is 0 Å². The maximum Gasteiger partial charge on any atom is 0.185 e. The van der Waals surface area contributed by atoms with E-state index in [9.17, 15) is 4.79 Å². The van der Waals surface area contributed by atoms with E-state index in [1.54, 1.807) is 24.3 Å². The quantitative estimate of drug-likeness (QED) is 0.384. The van der Waals surface area contributed by atoms with Crippen LogP contribution in [0, 0.1) is 0 Å². The maximum atomic E-state index is 11.8. The molecule has 0 amide bonds. The van der Waals surface area contributed by atoms with Gasteiger partial charge >= 0.3 is 0 Å². The number of carbonyl (C=O) groups excluding carboxylic acids is 1. The van der Waals surface area contributed by atoms with E-state index in [1.165, 1.54) is 0 Å². The van der Waals surface area contributed by atoms with Gasteiger partial charge in [-0.25, -0.2) is 0 Å². The summed E-state index contributed by atoms with van der Waals surface area (Å²) < 4.78 is 5.24. The van der Waals surface area contributed by atoms with Crippen LogP contribution in [0.1, 0.15) is 15.9 Å². The highest BCUT2D eigenvalue weighted by atomic mass is 16.6. The lowest BCUT2D eigenvalue weighted by atomic mass is 10.1. The number of hydrogen-bond acceptors (Lipinski definition) is 2. The Balaban J connectivity index is 1.81. The number of benzene rings is 2. The molecule has 0 spiro atoms. The molecule has 17 heavy (non-hydrogen) atoms. The zero-order chi connectivity index (χ0) is 11.7. The number of ketones is 1. The maximum absolute atomic E-state index is 11.8. The third-order valence-corrected chi connectivity index (χ3v) is 2.65. The number of para-hydroxylation sites is 1. The summed E-state index contributed by atoms with van der Waals surface area (Å²) in [5, 5.41) is 0. The molecule has 0 N–H and O–H groups in total. The lowest BCUT2D eigenvalue weighted by Crippen LogP contribution is -1.92. The van der Waals surface area contributed by atoms with Crippen molar-refractivity contribution in [1.82, 2.24) is 0 Å². The Kier molecular flexibility index (Phi) is 2.26. The highest BCUT2D eigenvalue weighted by Crippen LogP contribution is 2.48. The second kappa shape index (κ2) is 3.91. The van der Waals surface area contributed by atoms with Crippen molar-refractivity contribution in [2.75, 3.05) is 0 Å². The van der Waals surface area contributed by atoms with E-state index in [0.717, 1.165) is 17.1 Å². The van der Waals surface area contributed by atoms with Crippen molar-refractivity contribution in [3.8, 4) is 11.5 Å². The first-order valence-corrected chi connectivity index (χ1v) is 5.43. The molecule has 2 nitrogen and oxygen atoms in total. The van der Waals surface area contributed by atoms with Gasteiger partial charge in [-0.2, -0.15) is 0 Å². The SMILES string of the molecule is O=C(/C=C/c1cccc2c1O2)c1ccccc1. The highest BCUT2D eigenvalue weighted by molar-refractivity contribution is 6.07. The van der Waals surface area contributed by atoms with Crippen molar-refractivity contribution in [1.29, 1.82) is 0 Å². The molecule has 0 bridgehead atoms. The number of allylic oxidation sites excluding steroid dienone is 1. The van der Waals surface area contributed by atoms with E-state index in [4.69, 9.17) is 4.74 Å². The summed E-state index contributed by atoms with van der Waals surface area (Å²) >= 11 is 0. The minimum absolute atomic E-state index is 0.00357. The molecule has 82 valence electrons. The standard InChI is InChI=1S/C15H10O2/c16-13(11-5-2-1-3-6-11)10-9-12-7-4-8-14-15(12)17-14/h1-10H/b10-9+. The van der Waals surface area contributed by atoms with E-state index in [2.05, 4.69) is 0 Å². The Morgan fingerprint density at radius 3 is 2.65 bits per heavy atom. The normalized spacial score (nSPS) is 12.0. The first-order valence-electron chi connectivity index (χ1n) is 5.43. The largest absolute Gasteiger partial charge is 0.449 e. The number of carbonyl (C=O) groups is 1. The van der Waals surface area contributed by atoms with Crippen molar-refractivity contribution >= 4 is 11.9 Å². The van der Waals surface area contributed by atoms with Crippen molar-refractivity contribution in [3.63, 3.8) is 0 Å². The summed E-state index contributed by atoms with van der Waals surface area (Å²) in [7, 11) is 0. The smallest absolute Gasteiger partial charge is 0.185 e. The first-order chi connectivity index (χ1) is 8.34. The molecular formula is C15H10O2. The fourth-order valence-electron chi connectivity index (χ4n) is 1.71. The van der Waals surface area contributed by atoms with Gasteiger partial charge in [0.05, 0.1) is 0 Å². The highest BCUT2D eigenvalue weighted by Gasteiger charge is 2.21. The fourth-order valence-corrected chi connectivity index (χ4v) is 1.71. The van der Waals surface area contributed by atoms with Gasteiger partial charge in [0.25, 0.3) is 0 Å². The number of rotatable bonds is 3. The van der Waals surface area contributed by atoms with Crippen molar-refractivity contribution in [2.45, 2.75) is 0 Å².